The van der Waals surface area contributed by atoms with Crippen LogP contribution >= 0.6 is 0 Å². The topological polar surface area (TPSA) is 107 Å². The number of amides is 1. The fraction of sp³-hybridized carbons (Fsp3) is 0.333. The number of pyridine rings is 1. The Morgan fingerprint density at radius 3 is 2.70 bits per heavy atom. The molecule has 0 aliphatic carbocycles. The van der Waals surface area contributed by atoms with E-state index in [-0.39, 0.29) is 18.0 Å². The van der Waals surface area contributed by atoms with Crippen LogP contribution in [0.25, 0.3) is 11.1 Å². The molecule has 0 saturated carbocycles. The largest absolute Gasteiger partial charge is 0.497 e. The van der Waals surface area contributed by atoms with Crippen LogP contribution < -0.4 is 15.4 Å². The van der Waals surface area contributed by atoms with E-state index in [0.29, 0.717) is 32.7 Å². The quantitative estimate of drug-likeness (QED) is 0.588. The molecule has 0 radical (unpaired) electrons. The van der Waals surface area contributed by atoms with E-state index in [4.69, 9.17) is 15.2 Å². The normalized spacial score (nSPS) is 15.8. The molecule has 1 atom stereocenters. The van der Waals surface area contributed by atoms with Gasteiger partial charge in [0.05, 0.1) is 26.0 Å². The van der Waals surface area contributed by atoms with Crippen LogP contribution in [0.4, 0.5) is 11.6 Å². The van der Waals surface area contributed by atoms with Crippen LogP contribution in [0.1, 0.15) is 18.2 Å². The number of benzene rings is 1. The standard InChI is InChI=1S/C24H28N6O3/c1-29(19-4-3-5-20(12-19)32-2)9-8-23(31)30-10-11-33-22(16-30)21-7-6-17(13-26-21)18-14-27-24(25)28-15-18/h3-7,12-15,22H,8-11,16H2,1-2H3,(H2,25,27,28)/t22-/m1/s1. The molecular weight excluding hydrogens is 420 g/mol. The van der Waals surface area contributed by atoms with Gasteiger partial charge in [0.2, 0.25) is 11.9 Å². The molecule has 1 aliphatic heterocycles. The number of carbonyl (C=O) groups is 1. The highest BCUT2D eigenvalue weighted by Crippen LogP contribution is 2.24. The van der Waals surface area contributed by atoms with Crippen molar-refractivity contribution in [3.63, 3.8) is 0 Å². The number of ether oxygens (including phenoxy) is 2. The maximum Gasteiger partial charge on any atom is 0.224 e. The zero-order valence-electron chi connectivity index (χ0n) is 18.8. The van der Waals surface area contributed by atoms with Gasteiger partial charge in [-0.25, -0.2) is 9.97 Å². The minimum absolute atomic E-state index is 0.105. The Morgan fingerprint density at radius 2 is 1.97 bits per heavy atom. The number of carbonyl (C=O) groups excluding carboxylic acids is 1. The van der Waals surface area contributed by atoms with Crippen molar-refractivity contribution in [3.8, 4) is 16.9 Å². The summed E-state index contributed by atoms with van der Waals surface area (Å²) >= 11 is 0. The van der Waals surface area contributed by atoms with Crippen LogP contribution in [0, 0.1) is 0 Å². The first-order valence-corrected chi connectivity index (χ1v) is 10.8. The van der Waals surface area contributed by atoms with Crippen molar-refractivity contribution in [1.82, 2.24) is 19.9 Å². The number of rotatable bonds is 7. The van der Waals surface area contributed by atoms with Crippen LogP contribution in [0.3, 0.4) is 0 Å². The minimum atomic E-state index is -0.254. The van der Waals surface area contributed by atoms with Gasteiger partial charge in [0.1, 0.15) is 11.9 Å². The lowest BCUT2D eigenvalue weighted by Gasteiger charge is -2.33. The highest BCUT2D eigenvalue weighted by molar-refractivity contribution is 5.77. The first-order chi connectivity index (χ1) is 16.0. The lowest BCUT2D eigenvalue weighted by atomic mass is 10.1. The SMILES string of the molecule is COc1cccc(N(C)CCC(=O)N2CCO[C@@H](c3ccc(-c4cnc(N)nc4)cn3)C2)c1. The lowest BCUT2D eigenvalue weighted by Crippen LogP contribution is -2.43. The molecule has 3 aromatic rings. The monoisotopic (exact) mass is 448 g/mol. The third kappa shape index (κ3) is 5.56. The fourth-order valence-corrected chi connectivity index (χ4v) is 3.71. The van der Waals surface area contributed by atoms with Gasteiger partial charge in [-0.05, 0) is 18.2 Å². The van der Waals surface area contributed by atoms with Gasteiger partial charge in [-0.2, -0.15) is 0 Å². The molecule has 1 saturated heterocycles. The molecule has 0 unspecified atom stereocenters. The Labute approximate surface area is 193 Å². The second-order valence-corrected chi connectivity index (χ2v) is 7.87. The maximum absolute atomic E-state index is 12.9. The molecule has 2 aromatic heterocycles. The van der Waals surface area contributed by atoms with Crippen LogP contribution in [0.15, 0.2) is 55.0 Å². The van der Waals surface area contributed by atoms with Gasteiger partial charge in [0, 0.05) is 68.0 Å². The summed E-state index contributed by atoms with van der Waals surface area (Å²) in [5.74, 6) is 1.14. The van der Waals surface area contributed by atoms with Crippen molar-refractivity contribution < 1.29 is 14.3 Å². The summed E-state index contributed by atoms with van der Waals surface area (Å²) in [6.07, 6.45) is 5.26. The van der Waals surface area contributed by atoms with Crippen molar-refractivity contribution in [1.29, 1.82) is 0 Å². The molecular formula is C24H28N6O3. The zero-order chi connectivity index (χ0) is 23.2. The van der Waals surface area contributed by atoms with Crippen LogP contribution in [0.5, 0.6) is 5.75 Å². The van der Waals surface area contributed by atoms with E-state index in [0.717, 1.165) is 28.3 Å². The van der Waals surface area contributed by atoms with Gasteiger partial charge >= 0.3 is 0 Å². The summed E-state index contributed by atoms with van der Waals surface area (Å²) in [5, 5.41) is 0. The van der Waals surface area contributed by atoms with Gasteiger partial charge in [-0.1, -0.05) is 12.1 Å². The Morgan fingerprint density at radius 1 is 1.18 bits per heavy atom. The van der Waals surface area contributed by atoms with Crippen LogP contribution in [-0.2, 0) is 9.53 Å². The molecule has 4 rings (SSSR count). The summed E-state index contributed by atoms with van der Waals surface area (Å²) in [7, 11) is 3.62. The minimum Gasteiger partial charge on any atom is -0.497 e. The molecule has 0 spiro atoms. The van der Waals surface area contributed by atoms with Gasteiger partial charge < -0.3 is 25.0 Å². The van der Waals surface area contributed by atoms with Gasteiger partial charge in [-0.3, -0.25) is 9.78 Å². The average Bonchev–Trinajstić information content (AvgIpc) is 2.87. The van der Waals surface area contributed by atoms with E-state index in [1.807, 2.05) is 48.3 Å². The second-order valence-electron chi connectivity index (χ2n) is 7.87. The van der Waals surface area contributed by atoms with Crippen LogP contribution in [-0.4, -0.2) is 66.2 Å². The molecule has 33 heavy (non-hydrogen) atoms. The molecule has 1 aromatic carbocycles. The van der Waals surface area contributed by atoms with Crippen molar-refractivity contribution in [2.75, 3.05) is 51.0 Å². The summed E-state index contributed by atoms with van der Waals surface area (Å²) in [6, 6.07) is 11.7. The fourth-order valence-electron chi connectivity index (χ4n) is 3.71. The number of aromatic nitrogens is 3. The number of nitrogen functional groups attached to an aromatic ring is 1. The second kappa shape index (κ2) is 10.3. The molecule has 1 fully saturated rings. The van der Waals surface area contributed by atoms with Crippen LogP contribution in [0.2, 0.25) is 0 Å². The highest BCUT2D eigenvalue weighted by atomic mass is 16.5. The number of methoxy groups -OCH3 is 1. The van der Waals surface area contributed by atoms with E-state index in [2.05, 4.69) is 19.9 Å². The van der Waals surface area contributed by atoms with Gasteiger partial charge in [0.15, 0.2) is 0 Å². The Balaban J connectivity index is 1.33. The predicted molar refractivity (Wildman–Crippen MR) is 126 cm³/mol. The van der Waals surface area contributed by atoms with E-state index in [1.165, 1.54) is 0 Å². The van der Waals surface area contributed by atoms with E-state index < -0.39 is 0 Å². The van der Waals surface area contributed by atoms with E-state index in [1.54, 1.807) is 25.7 Å². The molecule has 1 aliphatic rings. The predicted octanol–water partition coefficient (Wildman–Crippen LogP) is 2.56. The van der Waals surface area contributed by atoms with E-state index in [9.17, 15) is 4.79 Å². The number of hydrogen-bond acceptors (Lipinski definition) is 8. The molecule has 1 amide bonds. The maximum atomic E-state index is 12.9. The van der Waals surface area contributed by atoms with Crippen molar-refractivity contribution in [3.05, 3.63) is 60.7 Å². The third-order valence-corrected chi connectivity index (χ3v) is 5.70. The van der Waals surface area contributed by atoms with Crippen molar-refractivity contribution >= 4 is 17.5 Å². The summed E-state index contributed by atoms with van der Waals surface area (Å²) in [4.78, 5) is 29.4. The number of morpholine rings is 1. The zero-order valence-corrected chi connectivity index (χ0v) is 18.8. The molecule has 0 bridgehead atoms. The molecule has 3 heterocycles. The highest BCUT2D eigenvalue weighted by Gasteiger charge is 2.26. The number of nitrogens with zero attached hydrogens (tertiary/aromatic N) is 5. The number of nitrogens with two attached hydrogens (primary N) is 1. The Bertz CT molecular complexity index is 1070. The number of hydrogen-bond donors (Lipinski definition) is 1. The van der Waals surface area contributed by atoms with Gasteiger partial charge in [0.25, 0.3) is 0 Å². The molecule has 9 heteroatoms. The van der Waals surface area contributed by atoms with Crippen molar-refractivity contribution in [2.45, 2.75) is 12.5 Å². The third-order valence-electron chi connectivity index (χ3n) is 5.70. The Kier molecular flexibility index (Phi) is 6.99. The lowest BCUT2D eigenvalue weighted by molar-refractivity contribution is -0.138. The Hall–Kier alpha value is -3.72. The molecule has 172 valence electrons. The first kappa shape index (κ1) is 22.5. The molecule has 9 nitrogen and oxygen atoms in total. The summed E-state index contributed by atoms with van der Waals surface area (Å²) < 4.78 is 11.2. The summed E-state index contributed by atoms with van der Waals surface area (Å²) in [6.45, 7) is 2.17. The first-order valence-electron chi connectivity index (χ1n) is 10.8. The summed E-state index contributed by atoms with van der Waals surface area (Å²) in [5.41, 5.74) is 9.08. The molecule has 2 N–H and O–H groups in total. The average molecular weight is 449 g/mol. The number of anilines is 2. The van der Waals surface area contributed by atoms with E-state index >= 15 is 0 Å². The van der Waals surface area contributed by atoms with Crippen molar-refractivity contribution in [2.24, 2.45) is 0 Å². The van der Waals surface area contributed by atoms with Gasteiger partial charge in [-0.15, -0.1) is 0 Å². The smallest absolute Gasteiger partial charge is 0.224 e.